The zero-order valence-corrected chi connectivity index (χ0v) is 16.0. The third kappa shape index (κ3) is 3.89. The summed E-state index contributed by atoms with van der Waals surface area (Å²) in [4.78, 5) is 18.1. The van der Waals surface area contributed by atoms with E-state index in [0.717, 1.165) is 40.6 Å². The molecule has 1 saturated heterocycles. The maximum absolute atomic E-state index is 13.1. The van der Waals surface area contributed by atoms with E-state index >= 15 is 0 Å². The SMILES string of the molecule is CN(Cc1cc(-c2cccs2)n[nH]1)C(=O)c1ccccc1N1CCOCC1. The predicted molar refractivity (Wildman–Crippen MR) is 107 cm³/mol. The molecule has 140 valence electrons. The molecule has 4 rings (SSSR count). The zero-order chi connectivity index (χ0) is 18.6. The summed E-state index contributed by atoms with van der Waals surface area (Å²) < 4.78 is 5.43. The van der Waals surface area contributed by atoms with Crippen LogP contribution < -0.4 is 4.90 Å². The molecule has 0 aliphatic carbocycles. The maximum Gasteiger partial charge on any atom is 0.256 e. The fraction of sp³-hybridized carbons (Fsp3) is 0.300. The van der Waals surface area contributed by atoms with E-state index < -0.39 is 0 Å². The van der Waals surface area contributed by atoms with Crippen LogP contribution in [-0.2, 0) is 11.3 Å². The van der Waals surface area contributed by atoms with Crippen molar-refractivity contribution in [2.75, 3.05) is 38.3 Å². The van der Waals surface area contributed by atoms with Gasteiger partial charge in [0.25, 0.3) is 5.91 Å². The summed E-state index contributed by atoms with van der Waals surface area (Å²) in [7, 11) is 1.82. The van der Waals surface area contributed by atoms with Gasteiger partial charge in [-0.25, -0.2) is 0 Å². The summed E-state index contributed by atoms with van der Waals surface area (Å²) >= 11 is 1.65. The molecule has 27 heavy (non-hydrogen) atoms. The van der Waals surface area contributed by atoms with Gasteiger partial charge < -0.3 is 14.5 Å². The van der Waals surface area contributed by atoms with Gasteiger partial charge in [-0.2, -0.15) is 5.10 Å². The van der Waals surface area contributed by atoms with Crippen LogP contribution in [0.1, 0.15) is 16.1 Å². The number of aromatic nitrogens is 2. The number of hydrogen-bond donors (Lipinski definition) is 1. The van der Waals surface area contributed by atoms with Crippen LogP contribution in [0.4, 0.5) is 5.69 Å². The number of hydrogen-bond acceptors (Lipinski definition) is 5. The molecule has 3 heterocycles. The second kappa shape index (κ2) is 7.94. The third-order valence-corrected chi connectivity index (χ3v) is 5.54. The van der Waals surface area contributed by atoms with Gasteiger partial charge in [0.15, 0.2) is 0 Å². The number of carbonyl (C=O) groups is 1. The number of nitrogens with one attached hydrogen (secondary N) is 1. The Hall–Kier alpha value is -2.64. The number of nitrogens with zero attached hydrogens (tertiary/aromatic N) is 3. The topological polar surface area (TPSA) is 61.5 Å². The molecule has 0 spiro atoms. The minimum atomic E-state index is 0.00404. The minimum absolute atomic E-state index is 0.00404. The lowest BCUT2D eigenvalue weighted by molar-refractivity contribution is 0.0782. The molecule has 0 radical (unpaired) electrons. The lowest BCUT2D eigenvalue weighted by Crippen LogP contribution is -2.38. The van der Waals surface area contributed by atoms with Crippen LogP contribution >= 0.6 is 11.3 Å². The molecule has 1 amide bonds. The molecule has 1 aliphatic heterocycles. The maximum atomic E-state index is 13.1. The van der Waals surface area contributed by atoms with Crippen LogP contribution in [0, 0.1) is 0 Å². The third-order valence-electron chi connectivity index (χ3n) is 4.64. The number of para-hydroxylation sites is 1. The van der Waals surface area contributed by atoms with Gasteiger partial charge in [0.05, 0.1) is 35.9 Å². The number of H-pyrrole nitrogens is 1. The molecular weight excluding hydrogens is 360 g/mol. The molecule has 0 saturated carbocycles. The van der Waals surface area contributed by atoms with Crippen molar-refractivity contribution < 1.29 is 9.53 Å². The van der Waals surface area contributed by atoms with Crippen molar-refractivity contribution in [1.82, 2.24) is 15.1 Å². The molecule has 0 atom stereocenters. The molecule has 0 unspecified atom stereocenters. The fourth-order valence-corrected chi connectivity index (χ4v) is 3.95. The first-order valence-corrected chi connectivity index (χ1v) is 9.85. The first-order valence-electron chi connectivity index (χ1n) is 8.98. The zero-order valence-electron chi connectivity index (χ0n) is 15.2. The Kier molecular flexibility index (Phi) is 5.22. The molecule has 6 nitrogen and oxygen atoms in total. The van der Waals surface area contributed by atoms with E-state index in [1.807, 2.05) is 54.9 Å². The smallest absolute Gasteiger partial charge is 0.256 e. The van der Waals surface area contributed by atoms with Gasteiger partial charge in [-0.15, -0.1) is 11.3 Å². The Balaban J connectivity index is 1.50. The van der Waals surface area contributed by atoms with Crippen LogP contribution in [0.5, 0.6) is 0 Å². The van der Waals surface area contributed by atoms with Gasteiger partial charge in [0.1, 0.15) is 5.69 Å². The number of aromatic amines is 1. The van der Waals surface area contributed by atoms with E-state index in [0.29, 0.717) is 19.8 Å². The molecule has 2 aromatic heterocycles. The van der Waals surface area contributed by atoms with Crippen molar-refractivity contribution >= 4 is 22.9 Å². The number of amides is 1. The van der Waals surface area contributed by atoms with E-state index in [1.54, 1.807) is 16.2 Å². The number of rotatable bonds is 5. The van der Waals surface area contributed by atoms with Crippen LogP contribution in [0.15, 0.2) is 47.8 Å². The van der Waals surface area contributed by atoms with Crippen molar-refractivity contribution in [2.24, 2.45) is 0 Å². The molecular formula is C20H22N4O2S. The standard InChI is InChI=1S/C20H22N4O2S/c1-23(14-15-13-17(22-21-15)19-7-4-12-27-19)20(25)16-5-2-3-6-18(16)24-8-10-26-11-9-24/h2-7,12-13H,8-11,14H2,1H3,(H,21,22). The second-order valence-corrected chi connectivity index (χ2v) is 7.48. The summed E-state index contributed by atoms with van der Waals surface area (Å²) in [6.07, 6.45) is 0. The van der Waals surface area contributed by atoms with Crippen molar-refractivity contribution in [2.45, 2.75) is 6.54 Å². The highest BCUT2D eigenvalue weighted by Crippen LogP contribution is 2.25. The molecule has 1 aliphatic rings. The average molecular weight is 382 g/mol. The number of carbonyl (C=O) groups excluding carboxylic acids is 1. The summed E-state index contributed by atoms with van der Waals surface area (Å²) in [5.74, 6) is 0.00404. The number of thiophene rings is 1. The van der Waals surface area contributed by atoms with E-state index in [-0.39, 0.29) is 5.91 Å². The first kappa shape index (κ1) is 17.8. The lowest BCUT2D eigenvalue weighted by Gasteiger charge is -2.31. The van der Waals surface area contributed by atoms with Gasteiger partial charge in [-0.1, -0.05) is 18.2 Å². The largest absolute Gasteiger partial charge is 0.378 e. The number of benzene rings is 1. The summed E-state index contributed by atoms with van der Waals surface area (Å²) in [5.41, 5.74) is 3.52. The highest BCUT2D eigenvalue weighted by Gasteiger charge is 2.21. The van der Waals surface area contributed by atoms with E-state index in [4.69, 9.17) is 4.74 Å². The highest BCUT2D eigenvalue weighted by molar-refractivity contribution is 7.13. The van der Waals surface area contributed by atoms with Gasteiger partial charge in [-0.05, 0) is 29.6 Å². The summed E-state index contributed by atoms with van der Waals surface area (Å²) in [6, 6.07) is 13.8. The summed E-state index contributed by atoms with van der Waals surface area (Å²) in [5, 5.41) is 9.43. The van der Waals surface area contributed by atoms with Crippen LogP contribution in [0.25, 0.3) is 10.6 Å². The second-order valence-electron chi connectivity index (χ2n) is 6.53. The Morgan fingerprint density at radius 2 is 2.07 bits per heavy atom. The van der Waals surface area contributed by atoms with Gasteiger partial charge >= 0.3 is 0 Å². The Morgan fingerprint density at radius 1 is 1.26 bits per heavy atom. The number of morpholine rings is 1. The molecule has 1 fully saturated rings. The average Bonchev–Trinajstić information content (AvgIpc) is 3.40. The molecule has 7 heteroatoms. The van der Waals surface area contributed by atoms with E-state index in [1.165, 1.54) is 0 Å². The molecule has 3 aromatic rings. The number of anilines is 1. The van der Waals surface area contributed by atoms with Gasteiger partial charge in [-0.3, -0.25) is 9.89 Å². The first-order chi connectivity index (χ1) is 13.2. The molecule has 1 aromatic carbocycles. The van der Waals surface area contributed by atoms with E-state index in [9.17, 15) is 4.79 Å². The van der Waals surface area contributed by atoms with Crippen molar-refractivity contribution in [3.8, 4) is 10.6 Å². The fourth-order valence-electron chi connectivity index (χ4n) is 3.26. The Labute approximate surface area is 162 Å². The molecule has 1 N–H and O–H groups in total. The van der Waals surface area contributed by atoms with Crippen LogP contribution in [-0.4, -0.2) is 54.4 Å². The monoisotopic (exact) mass is 382 g/mol. The van der Waals surface area contributed by atoms with E-state index in [2.05, 4.69) is 15.1 Å². The Morgan fingerprint density at radius 3 is 2.85 bits per heavy atom. The lowest BCUT2D eigenvalue weighted by atomic mass is 10.1. The normalized spacial score (nSPS) is 14.3. The predicted octanol–water partition coefficient (Wildman–Crippen LogP) is 3.25. The highest BCUT2D eigenvalue weighted by atomic mass is 32.1. The van der Waals surface area contributed by atoms with Crippen molar-refractivity contribution in [1.29, 1.82) is 0 Å². The van der Waals surface area contributed by atoms with Crippen LogP contribution in [0.2, 0.25) is 0 Å². The van der Waals surface area contributed by atoms with Crippen LogP contribution in [0.3, 0.4) is 0 Å². The quantitative estimate of drug-likeness (QED) is 0.736. The van der Waals surface area contributed by atoms with Gasteiger partial charge in [0, 0.05) is 25.8 Å². The number of ether oxygens (including phenoxy) is 1. The van der Waals surface area contributed by atoms with Crippen molar-refractivity contribution in [3.63, 3.8) is 0 Å². The van der Waals surface area contributed by atoms with Gasteiger partial charge in [0.2, 0.25) is 0 Å². The minimum Gasteiger partial charge on any atom is -0.378 e. The summed E-state index contributed by atoms with van der Waals surface area (Å²) in [6.45, 7) is 3.47. The Bertz CT molecular complexity index is 900. The molecule has 0 bridgehead atoms. The van der Waals surface area contributed by atoms with Crippen molar-refractivity contribution in [3.05, 3.63) is 59.1 Å².